The van der Waals surface area contributed by atoms with Crippen molar-refractivity contribution >= 4 is 26.5 Å². The summed E-state index contributed by atoms with van der Waals surface area (Å²) >= 11 is 12.7. The van der Waals surface area contributed by atoms with Gasteiger partial charge >= 0.3 is 120 Å². The molecule has 5 aromatic rings. The fourth-order valence-electron chi connectivity index (χ4n) is 5.74. The third-order valence-corrected chi connectivity index (χ3v) is 10.5. The van der Waals surface area contributed by atoms with Crippen molar-refractivity contribution in [3.8, 4) is 11.1 Å². The summed E-state index contributed by atoms with van der Waals surface area (Å²) in [5, 5.41) is 1.55. The van der Waals surface area contributed by atoms with Gasteiger partial charge in [-0.15, -0.1) is 16.7 Å². The van der Waals surface area contributed by atoms with Crippen molar-refractivity contribution in [2.45, 2.75) is 72.6 Å². The second-order valence-electron chi connectivity index (χ2n) is 13.6. The molecule has 0 amide bonds. The van der Waals surface area contributed by atoms with Crippen LogP contribution in [0.3, 0.4) is 0 Å². The molecule has 1 aliphatic carbocycles. The summed E-state index contributed by atoms with van der Waals surface area (Å²) in [6, 6.07) is 36.9. The average Bonchev–Trinajstić information content (AvgIpc) is 3.63. The third kappa shape index (κ3) is 10.3. The molecule has 240 valence electrons. The summed E-state index contributed by atoms with van der Waals surface area (Å²) < 4.78 is 1.35. The zero-order chi connectivity index (χ0) is 32.2. The van der Waals surface area contributed by atoms with E-state index in [2.05, 4.69) is 104 Å². The van der Waals surface area contributed by atoms with E-state index in [-0.39, 0.29) is 35.6 Å². The first-order valence-corrected chi connectivity index (χ1v) is 17.7. The van der Waals surface area contributed by atoms with Gasteiger partial charge in [0.15, 0.2) is 0 Å². The third-order valence-electron chi connectivity index (χ3n) is 7.90. The number of benzene rings is 4. The molecule has 1 aliphatic rings. The molecule has 0 N–H and O–H groups in total. The first-order chi connectivity index (χ1) is 20.6. The second-order valence-corrected chi connectivity index (χ2v) is 16.2. The van der Waals surface area contributed by atoms with E-state index >= 15 is 0 Å². The van der Waals surface area contributed by atoms with Gasteiger partial charge in [-0.05, 0) is 35.4 Å². The van der Waals surface area contributed by atoms with E-state index in [9.17, 15) is 0 Å². The summed E-state index contributed by atoms with van der Waals surface area (Å²) in [6.45, 7) is 18.2. The molecule has 5 heteroatoms. The number of rotatable bonds is 2. The van der Waals surface area contributed by atoms with E-state index in [1.807, 2.05) is 54.6 Å². The van der Waals surface area contributed by atoms with Crippen LogP contribution in [0.1, 0.15) is 86.1 Å². The maximum absolute atomic E-state index is 5.87. The number of hydrogen-bond acceptors (Lipinski definition) is 0. The Labute approximate surface area is 314 Å². The van der Waals surface area contributed by atoms with Gasteiger partial charge in [0.25, 0.3) is 0 Å². The van der Waals surface area contributed by atoms with Crippen LogP contribution in [-0.2, 0) is 41.1 Å². The fourth-order valence-corrected chi connectivity index (χ4v) is 7.19. The Kier molecular flexibility index (Phi) is 14.9. The van der Waals surface area contributed by atoms with Crippen molar-refractivity contribution in [1.29, 1.82) is 0 Å². The van der Waals surface area contributed by atoms with Gasteiger partial charge in [0, 0.05) is 0 Å². The molecule has 0 fully saturated rings. The quantitative estimate of drug-likeness (QED) is 0.153. The minimum absolute atomic E-state index is 0. The summed E-state index contributed by atoms with van der Waals surface area (Å²) in [4.78, 5) is 0. The first-order valence-electron chi connectivity index (χ1n) is 15.1. The summed E-state index contributed by atoms with van der Waals surface area (Å²) in [7, 11) is 0. The maximum Gasteiger partial charge on any atom is -0.172 e. The van der Waals surface area contributed by atoms with Crippen LogP contribution in [0, 0.1) is 19.9 Å². The monoisotopic (exact) mass is 854 g/mol. The van der Waals surface area contributed by atoms with E-state index in [0.29, 0.717) is 0 Å². The predicted octanol–water partition coefficient (Wildman–Crippen LogP) is 5.79. The zero-order valence-electron chi connectivity index (χ0n) is 28.0. The van der Waals surface area contributed by atoms with Gasteiger partial charge in [0.1, 0.15) is 0 Å². The molecule has 46 heavy (non-hydrogen) atoms. The predicted molar refractivity (Wildman–Crippen MR) is 189 cm³/mol. The summed E-state index contributed by atoms with van der Waals surface area (Å²) in [5.41, 5.74) is 14.1. The smallest absolute Gasteiger partial charge is 0.172 e. The van der Waals surface area contributed by atoms with Crippen LogP contribution in [0.4, 0.5) is 0 Å². The number of fused-ring (bicyclic) bond motifs is 3. The van der Waals surface area contributed by atoms with Crippen LogP contribution in [0.25, 0.3) is 11.1 Å². The van der Waals surface area contributed by atoms with Crippen LogP contribution in [0.2, 0.25) is 10.0 Å². The first kappa shape index (κ1) is 40.3. The Bertz CT molecular complexity index is 1590. The maximum atomic E-state index is 5.87. The van der Waals surface area contributed by atoms with Gasteiger partial charge in [0.05, 0.1) is 0 Å². The molecule has 0 saturated heterocycles. The van der Waals surface area contributed by atoms with Crippen molar-refractivity contribution in [3.63, 3.8) is 0 Å². The molecule has 0 saturated carbocycles. The normalized spacial score (nSPS) is 11.4. The molecule has 0 spiro atoms. The molecule has 0 heterocycles. The number of halogens is 4. The van der Waals surface area contributed by atoms with Gasteiger partial charge in [-0.3, -0.25) is 0 Å². The Morgan fingerprint density at radius 3 is 1.57 bits per heavy atom. The topological polar surface area (TPSA) is 0 Å². The van der Waals surface area contributed by atoms with E-state index in [1.165, 1.54) is 58.9 Å². The molecule has 0 atom stereocenters. The summed E-state index contributed by atoms with van der Waals surface area (Å²) in [5.74, 6) is 0. The van der Waals surface area contributed by atoms with Gasteiger partial charge in [-0.1, -0.05) is 71.6 Å². The number of hydrogen-bond donors (Lipinski definition) is 0. The van der Waals surface area contributed by atoms with Gasteiger partial charge in [0.2, 0.25) is 0 Å². The van der Waals surface area contributed by atoms with Crippen molar-refractivity contribution < 1.29 is 48.7 Å². The Hall–Kier alpha value is -1.87. The summed E-state index contributed by atoms with van der Waals surface area (Å²) in [6.07, 6.45) is 1.03. The molecule has 0 bridgehead atoms. The molecule has 0 aromatic heterocycles. The minimum Gasteiger partial charge on any atom is -1.00 e. The van der Waals surface area contributed by atoms with Crippen LogP contribution in [0.15, 0.2) is 97.1 Å². The van der Waals surface area contributed by atoms with Gasteiger partial charge in [-0.2, -0.15) is 35.9 Å². The fraction of sp³-hybridized carbons (Fsp3) is 0.268. The zero-order valence-corrected chi connectivity index (χ0v) is 34.6. The molecule has 0 nitrogen and oxygen atoms in total. The van der Waals surface area contributed by atoms with Crippen LogP contribution in [-0.4, -0.2) is 3.26 Å². The van der Waals surface area contributed by atoms with Crippen molar-refractivity contribution in [1.82, 2.24) is 0 Å². The van der Waals surface area contributed by atoms with Crippen molar-refractivity contribution in [2.75, 3.05) is 0 Å². The molecule has 5 aromatic carbocycles. The van der Waals surface area contributed by atoms with Crippen LogP contribution < -0.4 is 24.8 Å². The van der Waals surface area contributed by atoms with E-state index in [1.54, 1.807) is 0 Å². The molecule has 0 aliphatic heterocycles. The Morgan fingerprint density at radius 1 is 0.696 bits per heavy atom. The average molecular weight is 855 g/mol. The molecular formula is C41H42Cl4Hf-2. The van der Waals surface area contributed by atoms with Crippen molar-refractivity contribution in [2.24, 2.45) is 0 Å². The van der Waals surface area contributed by atoms with Crippen LogP contribution in [0.5, 0.6) is 0 Å². The van der Waals surface area contributed by atoms with E-state index in [0.717, 1.165) is 40.4 Å². The van der Waals surface area contributed by atoms with Gasteiger partial charge in [-0.25, -0.2) is 12.1 Å². The standard InChI is InChI=1S/C23H29.C13H8Cl2.C5H5.2ClH.Hf/c1-14-9-16-11-17-10-15(2)21(23(6,7)8)13-19(17)18(16)12-20(14)22(3,4)5;14-12-5-1-10(2-6-12)9-11-3-7-13(15)8-4-11;1-2-4-5-3-1;;;/h9,12-13H,11H2,1-8H3;1-8H;1-5H;2*1H;/q-1;;-1;;;+2/p-2. The Morgan fingerprint density at radius 2 is 1.15 bits per heavy atom. The largest absolute Gasteiger partial charge is 1.00 e. The van der Waals surface area contributed by atoms with Crippen LogP contribution >= 0.6 is 23.2 Å². The Balaban J connectivity index is 0.000000278. The van der Waals surface area contributed by atoms with Gasteiger partial charge < -0.3 is 24.8 Å². The SMILES string of the molecule is Cc1[c-]c2c(cc1C(C)(C)C)-c1cc(C(C)(C)C)c(C)cc1C2.Clc1ccc([C](=[Hf+2])c2ccc(Cl)cc2)cc1.[Cl-].[Cl-].c1cc[cH-]c1. The molecule has 6 rings (SSSR count). The molecule has 0 unspecified atom stereocenters. The van der Waals surface area contributed by atoms with E-state index in [4.69, 9.17) is 23.2 Å². The minimum atomic E-state index is 0. The number of aryl methyl sites for hydroxylation is 2. The second kappa shape index (κ2) is 17.0. The van der Waals surface area contributed by atoms with E-state index < -0.39 is 0 Å². The molecular weight excluding hydrogens is 813 g/mol. The molecule has 0 radical (unpaired) electrons. The van der Waals surface area contributed by atoms with Crippen molar-refractivity contribution in [3.05, 3.63) is 158 Å².